The fourth-order valence-corrected chi connectivity index (χ4v) is 1.66. The van der Waals surface area contributed by atoms with Gasteiger partial charge in [0.05, 0.1) is 6.33 Å². The minimum Gasteiger partial charge on any atom is -0.481 e. The van der Waals surface area contributed by atoms with Crippen LogP contribution in [0.3, 0.4) is 0 Å². The summed E-state index contributed by atoms with van der Waals surface area (Å²) in [6.07, 6.45) is 1.68. The van der Waals surface area contributed by atoms with Crippen molar-refractivity contribution in [2.75, 3.05) is 5.32 Å². The molecule has 0 radical (unpaired) electrons. The fourth-order valence-electron chi connectivity index (χ4n) is 1.44. The van der Waals surface area contributed by atoms with Crippen LogP contribution >= 0.6 is 11.6 Å². The highest BCUT2D eigenvalue weighted by molar-refractivity contribution is 6.33. The highest BCUT2D eigenvalue weighted by atomic mass is 35.5. The number of halogens is 1. The number of amides is 1. The average molecular weight is 284 g/mol. The summed E-state index contributed by atoms with van der Waals surface area (Å²) < 4.78 is 0. The number of H-pyrrole nitrogens is 1. The normalized spacial score (nSPS) is 10.6. The summed E-state index contributed by atoms with van der Waals surface area (Å²) in [5.74, 6) is -1.26. The van der Waals surface area contributed by atoms with Gasteiger partial charge >= 0.3 is 5.97 Å². The first kappa shape index (κ1) is 13.2. The summed E-state index contributed by atoms with van der Waals surface area (Å²) in [4.78, 5) is 36.4. The average Bonchev–Trinajstić information content (AvgIpc) is 2.76. The molecular weight excluding hydrogens is 274 g/mol. The molecule has 3 N–H and O–H groups in total. The maximum Gasteiger partial charge on any atom is 0.303 e. The number of hydrogen-bond donors (Lipinski definition) is 3. The number of anilines is 1. The van der Waals surface area contributed by atoms with Crippen molar-refractivity contribution in [1.82, 2.24) is 19.9 Å². The minimum atomic E-state index is -0.940. The van der Waals surface area contributed by atoms with Crippen LogP contribution in [0, 0.1) is 0 Å². The second-order valence-corrected chi connectivity index (χ2v) is 4.09. The summed E-state index contributed by atoms with van der Waals surface area (Å²) in [6, 6.07) is 0. The largest absolute Gasteiger partial charge is 0.481 e. The Balaban J connectivity index is 2.00. The number of carbonyl (C=O) groups excluding carboxylic acids is 1. The molecule has 0 saturated carbocycles. The third-order valence-electron chi connectivity index (χ3n) is 2.29. The number of nitrogens with one attached hydrogen (secondary N) is 2. The molecule has 1 amide bonds. The molecule has 0 aromatic carbocycles. The Kier molecular flexibility index (Phi) is 3.91. The van der Waals surface area contributed by atoms with Gasteiger partial charge in [-0.3, -0.25) is 14.9 Å². The van der Waals surface area contributed by atoms with Gasteiger partial charge in [0.2, 0.25) is 11.9 Å². The first-order valence-corrected chi connectivity index (χ1v) is 5.82. The monoisotopic (exact) mass is 283 g/mol. The standard InChI is InChI=1S/C10H10ClN5O3/c11-8-7-9(13-4-12-7)16-10(15-8)14-5(17)2-1-3-6(18)19/h4H,1-3H2,(H,18,19)(H2,12,13,14,15,16,17). The Hall–Kier alpha value is -2.22. The zero-order valence-corrected chi connectivity index (χ0v) is 10.4. The van der Waals surface area contributed by atoms with E-state index in [0.29, 0.717) is 11.2 Å². The van der Waals surface area contributed by atoms with Crippen LogP contribution in [-0.2, 0) is 9.59 Å². The van der Waals surface area contributed by atoms with Crippen molar-refractivity contribution >= 4 is 40.6 Å². The summed E-state index contributed by atoms with van der Waals surface area (Å²) in [5, 5.41) is 11.1. The molecule has 19 heavy (non-hydrogen) atoms. The maximum atomic E-state index is 11.5. The summed E-state index contributed by atoms with van der Waals surface area (Å²) in [7, 11) is 0. The van der Waals surface area contributed by atoms with E-state index >= 15 is 0 Å². The van der Waals surface area contributed by atoms with Crippen molar-refractivity contribution < 1.29 is 14.7 Å². The maximum absolute atomic E-state index is 11.5. The molecule has 0 aliphatic carbocycles. The predicted molar refractivity (Wildman–Crippen MR) is 66.8 cm³/mol. The van der Waals surface area contributed by atoms with Crippen LogP contribution < -0.4 is 5.32 Å². The third-order valence-corrected chi connectivity index (χ3v) is 2.56. The number of fused-ring (bicyclic) bond motifs is 1. The molecule has 0 saturated heterocycles. The molecule has 9 heteroatoms. The van der Waals surface area contributed by atoms with Gasteiger partial charge < -0.3 is 10.1 Å². The molecule has 0 aliphatic rings. The van der Waals surface area contributed by atoms with E-state index < -0.39 is 5.97 Å². The number of imidazole rings is 1. The zero-order chi connectivity index (χ0) is 13.8. The van der Waals surface area contributed by atoms with Gasteiger partial charge in [0, 0.05) is 12.8 Å². The summed E-state index contributed by atoms with van der Waals surface area (Å²) in [6.45, 7) is 0. The lowest BCUT2D eigenvalue weighted by atomic mass is 10.2. The molecule has 2 rings (SSSR count). The Bertz CT molecular complexity index is 627. The number of hydrogen-bond acceptors (Lipinski definition) is 5. The first-order chi connectivity index (χ1) is 9.06. The SMILES string of the molecule is O=C(O)CCCC(=O)Nc1nc(Cl)c2[nH]cnc2n1. The molecular formula is C10H10ClN5O3. The molecule has 0 unspecified atom stereocenters. The molecule has 0 spiro atoms. The number of nitrogens with zero attached hydrogens (tertiary/aromatic N) is 3. The van der Waals surface area contributed by atoms with Gasteiger partial charge in [-0.05, 0) is 6.42 Å². The third kappa shape index (κ3) is 3.38. The number of rotatable bonds is 5. The quantitative estimate of drug-likeness (QED) is 0.709. The van der Waals surface area contributed by atoms with Gasteiger partial charge in [-0.25, -0.2) is 4.98 Å². The van der Waals surface area contributed by atoms with Gasteiger partial charge in [-0.1, -0.05) is 11.6 Å². The van der Waals surface area contributed by atoms with E-state index in [2.05, 4.69) is 25.3 Å². The first-order valence-electron chi connectivity index (χ1n) is 5.44. The summed E-state index contributed by atoms with van der Waals surface area (Å²) >= 11 is 5.88. The lowest BCUT2D eigenvalue weighted by molar-refractivity contribution is -0.137. The number of aromatic amines is 1. The Labute approximate surface area is 112 Å². The number of carboxylic acid groups (broad SMARTS) is 1. The number of aliphatic carboxylic acids is 1. The number of aromatic nitrogens is 4. The molecule has 2 heterocycles. The van der Waals surface area contributed by atoms with E-state index in [1.807, 2.05) is 0 Å². The van der Waals surface area contributed by atoms with Gasteiger partial charge in [-0.2, -0.15) is 9.97 Å². The lowest BCUT2D eigenvalue weighted by Crippen LogP contribution is -2.14. The van der Waals surface area contributed by atoms with Crippen molar-refractivity contribution in [2.24, 2.45) is 0 Å². The molecule has 0 atom stereocenters. The van der Waals surface area contributed by atoms with E-state index in [1.165, 1.54) is 6.33 Å². The highest BCUT2D eigenvalue weighted by Gasteiger charge is 2.10. The van der Waals surface area contributed by atoms with E-state index in [0.717, 1.165) is 0 Å². The Morgan fingerprint density at radius 1 is 1.37 bits per heavy atom. The van der Waals surface area contributed by atoms with Gasteiger partial charge in [0.1, 0.15) is 5.52 Å². The fraction of sp³-hybridized carbons (Fsp3) is 0.300. The Morgan fingerprint density at radius 3 is 2.89 bits per heavy atom. The summed E-state index contributed by atoms with van der Waals surface area (Å²) in [5.41, 5.74) is 0.839. The van der Waals surface area contributed by atoms with Crippen LogP contribution in [-0.4, -0.2) is 36.9 Å². The van der Waals surface area contributed by atoms with Crippen LogP contribution in [0.2, 0.25) is 5.15 Å². The van der Waals surface area contributed by atoms with Crippen molar-refractivity contribution in [3.8, 4) is 0 Å². The Morgan fingerprint density at radius 2 is 2.16 bits per heavy atom. The number of carboxylic acids is 1. The van der Waals surface area contributed by atoms with Crippen LogP contribution in [0.1, 0.15) is 19.3 Å². The topological polar surface area (TPSA) is 121 Å². The van der Waals surface area contributed by atoms with E-state index in [-0.39, 0.29) is 36.3 Å². The van der Waals surface area contributed by atoms with Crippen molar-refractivity contribution in [2.45, 2.75) is 19.3 Å². The molecule has 2 aromatic heterocycles. The second-order valence-electron chi connectivity index (χ2n) is 3.73. The molecule has 8 nitrogen and oxygen atoms in total. The highest BCUT2D eigenvalue weighted by Crippen LogP contribution is 2.18. The van der Waals surface area contributed by atoms with Crippen LogP contribution in [0.5, 0.6) is 0 Å². The molecule has 100 valence electrons. The van der Waals surface area contributed by atoms with Crippen LogP contribution in [0.4, 0.5) is 5.95 Å². The molecule has 0 aliphatic heterocycles. The molecule has 0 fully saturated rings. The second kappa shape index (κ2) is 5.61. The van der Waals surface area contributed by atoms with E-state index in [1.54, 1.807) is 0 Å². The van der Waals surface area contributed by atoms with Crippen LogP contribution in [0.15, 0.2) is 6.33 Å². The minimum absolute atomic E-state index is 0.0462. The van der Waals surface area contributed by atoms with Crippen molar-refractivity contribution in [1.29, 1.82) is 0 Å². The molecule has 0 bridgehead atoms. The predicted octanol–water partition coefficient (Wildman–Crippen LogP) is 1.20. The van der Waals surface area contributed by atoms with Gasteiger partial charge in [0.15, 0.2) is 10.8 Å². The molecule has 2 aromatic rings. The smallest absolute Gasteiger partial charge is 0.303 e. The van der Waals surface area contributed by atoms with Crippen molar-refractivity contribution in [3.05, 3.63) is 11.5 Å². The van der Waals surface area contributed by atoms with E-state index in [9.17, 15) is 9.59 Å². The zero-order valence-electron chi connectivity index (χ0n) is 9.68. The van der Waals surface area contributed by atoms with Crippen LogP contribution in [0.25, 0.3) is 11.2 Å². The van der Waals surface area contributed by atoms with Gasteiger partial charge in [-0.15, -0.1) is 0 Å². The van der Waals surface area contributed by atoms with Gasteiger partial charge in [0.25, 0.3) is 0 Å². The van der Waals surface area contributed by atoms with Crippen molar-refractivity contribution in [3.63, 3.8) is 0 Å². The lowest BCUT2D eigenvalue weighted by Gasteiger charge is -2.03. The van der Waals surface area contributed by atoms with E-state index in [4.69, 9.17) is 16.7 Å². The number of carbonyl (C=O) groups is 2.